The summed E-state index contributed by atoms with van der Waals surface area (Å²) in [5, 5.41) is 10.8. The predicted molar refractivity (Wildman–Crippen MR) is 114 cm³/mol. The molecule has 3 aliphatic rings. The lowest BCUT2D eigenvalue weighted by Crippen LogP contribution is -2.52. The molecule has 1 atom stereocenters. The van der Waals surface area contributed by atoms with Crippen molar-refractivity contribution in [1.82, 2.24) is 30.2 Å². The van der Waals surface area contributed by atoms with Gasteiger partial charge in [-0.1, -0.05) is 11.3 Å². The van der Waals surface area contributed by atoms with E-state index in [1.807, 2.05) is 24.3 Å². The molecule has 1 N–H and O–H groups in total. The van der Waals surface area contributed by atoms with E-state index in [4.69, 9.17) is 4.74 Å². The minimum Gasteiger partial charge on any atom is -0.474 e. The van der Waals surface area contributed by atoms with E-state index in [0.717, 1.165) is 24.1 Å². The molecule has 0 bridgehead atoms. The number of fused-ring (bicyclic) bond motifs is 1. The summed E-state index contributed by atoms with van der Waals surface area (Å²) in [6.45, 7) is 0.304. The van der Waals surface area contributed by atoms with Gasteiger partial charge in [0, 0.05) is 24.6 Å². The summed E-state index contributed by atoms with van der Waals surface area (Å²) in [4.78, 5) is 42.6. The van der Waals surface area contributed by atoms with Crippen molar-refractivity contribution < 1.29 is 19.1 Å². The molecule has 0 spiro atoms. The number of amides is 3. The van der Waals surface area contributed by atoms with Crippen molar-refractivity contribution in [3.63, 3.8) is 0 Å². The molecule has 166 valence electrons. The molecule has 1 saturated carbocycles. The molecule has 3 aromatic rings. The summed E-state index contributed by atoms with van der Waals surface area (Å²) in [5.41, 5.74) is 3.38. The van der Waals surface area contributed by atoms with Crippen molar-refractivity contribution in [3.05, 3.63) is 53.7 Å². The summed E-state index contributed by atoms with van der Waals surface area (Å²) in [5.74, 6) is -0.353. The maximum Gasteiger partial charge on any atom is 0.255 e. The monoisotopic (exact) mass is 444 g/mol. The molecule has 1 aliphatic carbocycles. The highest BCUT2D eigenvalue weighted by molar-refractivity contribution is 6.05. The summed E-state index contributed by atoms with van der Waals surface area (Å²) in [6, 6.07) is 10.3. The van der Waals surface area contributed by atoms with Crippen LogP contribution in [0.1, 0.15) is 41.6 Å². The van der Waals surface area contributed by atoms with Gasteiger partial charge in [-0.3, -0.25) is 19.7 Å². The van der Waals surface area contributed by atoms with Gasteiger partial charge in [-0.2, -0.15) is 0 Å². The quantitative estimate of drug-likeness (QED) is 0.594. The number of ether oxygens (including phenoxy) is 1. The number of carbonyl (C=O) groups excluding carboxylic acids is 3. The third kappa shape index (κ3) is 3.63. The van der Waals surface area contributed by atoms with Crippen LogP contribution < -0.4 is 10.1 Å². The Kier molecular flexibility index (Phi) is 4.46. The van der Waals surface area contributed by atoms with Crippen LogP contribution in [-0.4, -0.2) is 54.7 Å². The molecule has 0 radical (unpaired) electrons. The van der Waals surface area contributed by atoms with Crippen molar-refractivity contribution in [2.75, 3.05) is 0 Å². The molecular formula is C23H20N6O4. The topological polar surface area (TPSA) is 119 Å². The summed E-state index contributed by atoms with van der Waals surface area (Å²) >= 11 is 0. The van der Waals surface area contributed by atoms with Gasteiger partial charge in [0.15, 0.2) is 0 Å². The summed E-state index contributed by atoms with van der Waals surface area (Å²) in [6.07, 6.45) is 4.72. The van der Waals surface area contributed by atoms with Crippen molar-refractivity contribution >= 4 is 17.7 Å². The predicted octanol–water partition coefficient (Wildman–Crippen LogP) is 1.63. The van der Waals surface area contributed by atoms with Crippen molar-refractivity contribution in [2.45, 2.75) is 44.4 Å². The Hall–Kier alpha value is -4.08. The molecular weight excluding hydrogens is 424 g/mol. The lowest BCUT2D eigenvalue weighted by atomic mass is 10.0. The van der Waals surface area contributed by atoms with E-state index < -0.39 is 11.9 Å². The molecule has 33 heavy (non-hydrogen) atoms. The molecule has 2 aromatic heterocycles. The van der Waals surface area contributed by atoms with E-state index in [9.17, 15) is 14.4 Å². The van der Waals surface area contributed by atoms with Gasteiger partial charge in [0.1, 0.15) is 17.8 Å². The molecule has 1 unspecified atom stereocenters. The first-order valence-corrected chi connectivity index (χ1v) is 10.9. The minimum atomic E-state index is -0.639. The molecule has 3 amide bonds. The number of benzene rings is 1. The van der Waals surface area contributed by atoms with Gasteiger partial charge in [0.2, 0.25) is 17.7 Å². The van der Waals surface area contributed by atoms with Crippen molar-refractivity contribution in [3.8, 4) is 23.0 Å². The molecule has 4 heterocycles. The number of nitrogens with zero attached hydrogens (tertiary/aromatic N) is 5. The Morgan fingerprint density at radius 2 is 1.91 bits per heavy atom. The molecule has 2 aliphatic heterocycles. The van der Waals surface area contributed by atoms with Crippen molar-refractivity contribution in [2.24, 2.45) is 0 Å². The number of rotatable bonds is 5. The first kappa shape index (κ1) is 19.6. The van der Waals surface area contributed by atoms with Crippen LogP contribution in [0.4, 0.5) is 0 Å². The van der Waals surface area contributed by atoms with Gasteiger partial charge in [-0.15, -0.1) is 5.10 Å². The Morgan fingerprint density at radius 1 is 1.03 bits per heavy atom. The van der Waals surface area contributed by atoms with E-state index in [-0.39, 0.29) is 24.3 Å². The van der Waals surface area contributed by atoms with Crippen molar-refractivity contribution in [1.29, 1.82) is 0 Å². The van der Waals surface area contributed by atoms with Crippen LogP contribution in [0.25, 0.3) is 17.1 Å². The van der Waals surface area contributed by atoms with Gasteiger partial charge < -0.3 is 9.64 Å². The first-order valence-electron chi connectivity index (χ1n) is 10.9. The number of hydrogen-bond acceptors (Lipinski definition) is 7. The molecule has 1 saturated heterocycles. The molecule has 1 aromatic carbocycles. The van der Waals surface area contributed by atoms with Crippen LogP contribution in [-0.2, 0) is 16.1 Å². The molecule has 6 rings (SSSR count). The van der Waals surface area contributed by atoms with Crippen LogP contribution in [0.2, 0.25) is 0 Å². The largest absolute Gasteiger partial charge is 0.474 e. The average Bonchev–Trinajstić information content (AvgIpc) is 3.37. The van der Waals surface area contributed by atoms with E-state index >= 15 is 0 Å². The number of aromatic nitrogens is 4. The molecule has 10 nitrogen and oxygen atoms in total. The van der Waals surface area contributed by atoms with Gasteiger partial charge in [-0.25, -0.2) is 9.67 Å². The highest BCUT2D eigenvalue weighted by atomic mass is 16.5. The van der Waals surface area contributed by atoms with Gasteiger partial charge >= 0.3 is 0 Å². The van der Waals surface area contributed by atoms with Crippen LogP contribution >= 0.6 is 0 Å². The number of pyridine rings is 1. The minimum absolute atomic E-state index is 0.206. The van der Waals surface area contributed by atoms with Crippen LogP contribution in [0.5, 0.6) is 5.88 Å². The highest BCUT2D eigenvalue weighted by Gasteiger charge is 2.39. The SMILES string of the molecule is O=C1CCC(N2Cc3cc(-n4cc(-c5cccc(OC6CC6)n5)nn4)ccc3C2=O)C(=O)N1. The second kappa shape index (κ2) is 7.51. The van der Waals surface area contributed by atoms with Crippen LogP contribution in [0.3, 0.4) is 0 Å². The van der Waals surface area contributed by atoms with E-state index in [2.05, 4.69) is 20.6 Å². The van der Waals surface area contributed by atoms with Gasteiger partial charge in [0.05, 0.1) is 17.6 Å². The standard InChI is InChI=1S/C23H20N6O4/c30-20-9-8-19(22(31)25-20)28-11-13-10-14(4-7-16(13)23(28)32)29-12-18(26-27-29)17-2-1-3-21(24-17)33-15-5-6-15/h1-4,7,10,12,15,19H,5-6,8-9,11H2,(H,25,30,31). The zero-order chi connectivity index (χ0) is 22.5. The third-order valence-corrected chi connectivity index (χ3v) is 6.06. The Balaban J connectivity index is 1.23. The number of nitrogens with one attached hydrogen (secondary N) is 1. The Labute approximate surface area is 188 Å². The third-order valence-electron chi connectivity index (χ3n) is 6.06. The number of hydrogen-bond donors (Lipinski definition) is 1. The zero-order valence-corrected chi connectivity index (χ0v) is 17.6. The maximum absolute atomic E-state index is 12.9. The fourth-order valence-electron chi connectivity index (χ4n) is 4.19. The van der Waals surface area contributed by atoms with E-state index in [1.54, 1.807) is 23.0 Å². The summed E-state index contributed by atoms with van der Waals surface area (Å²) in [7, 11) is 0. The van der Waals surface area contributed by atoms with Crippen LogP contribution in [0.15, 0.2) is 42.6 Å². The Morgan fingerprint density at radius 3 is 2.73 bits per heavy atom. The zero-order valence-electron chi connectivity index (χ0n) is 17.6. The number of piperidine rings is 1. The molecule has 10 heteroatoms. The second-order valence-corrected chi connectivity index (χ2v) is 8.47. The second-order valence-electron chi connectivity index (χ2n) is 8.47. The summed E-state index contributed by atoms with van der Waals surface area (Å²) < 4.78 is 7.39. The maximum atomic E-state index is 12.9. The Bertz CT molecular complexity index is 1300. The highest BCUT2D eigenvalue weighted by Crippen LogP contribution is 2.30. The normalized spacial score (nSPS) is 20.1. The van der Waals surface area contributed by atoms with Crippen LogP contribution in [0, 0.1) is 0 Å². The fraction of sp³-hybridized carbons (Fsp3) is 0.304. The van der Waals surface area contributed by atoms with Gasteiger partial charge in [0.25, 0.3) is 5.91 Å². The lowest BCUT2D eigenvalue weighted by molar-refractivity contribution is -0.136. The first-order chi connectivity index (χ1) is 16.0. The van der Waals surface area contributed by atoms with Gasteiger partial charge in [-0.05, 0) is 49.1 Å². The number of carbonyl (C=O) groups is 3. The molecule has 2 fully saturated rings. The van der Waals surface area contributed by atoms with E-state index in [1.165, 1.54) is 4.90 Å². The lowest BCUT2D eigenvalue weighted by Gasteiger charge is -2.29. The fourth-order valence-corrected chi connectivity index (χ4v) is 4.19. The van der Waals surface area contributed by atoms with E-state index in [0.29, 0.717) is 35.8 Å². The number of imide groups is 1. The average molecular weight is 444 g/mol. The smallest absolute Gasteiger partial charge is 0.255 e.